The third kappa shape index (κ3) is 5.28. The number of ether oxygens (including phenoxy) is 1. The van der Waals surface area contributed by atoms with Crippen molar-refractivity contribution in [1.29, 1.82) is 0 Å². The molecule has 0 bridgehead atoms. The SMILES string of the molecule is CC(Oc1ccccc1Cl)c1nnc(SCC(=O)Nc2cccc([N+](=O)[O-])c2)n1C. The Morgan fingerprint density at radius 1 is 1.30 bits per heavy atom. The van der Waals surface area contributed by atoms with Crippen molar-refractivity contribution in [1.82, 2.24) is 14.8 Å². The molecule has 9 nitrogen and oxygen atoms in total. The Morgan fingerprint density at radius 2 is 2.07 bits per heavy atom. The molecule has 156 valence electrons. The molecule has 0 radical (unpaired) electrons. The van der Waals surface area contributed by atoms with Crippen molar-refractivity contribution in [2.45, 2.75) is 18.2 Å². The smallest absolute Gasteiger partial charge is 0.271 e. The molecule has 0 fully saturated rings. The predicted octanol–water partition coefficient (Wildman–Crippen LogP) is 4.25. The fourth-order valence-electron chi connectivity index (χ4n) is 2.61. The molecule has 1 unspecified atom stereocenters. The fourth-order valence-corrected chi connectivity index (χ4v) is 3.51. The second-order valence-electron chi connectivity index (χ2n) is 6.23. The average Bonchev–Trinajstić information content (AvgIpc) is 3.09. The van der Waals surface area contributed by atoms with Gasteiger partial charge in [0.25, 0.3) is 5.69 Å². The Bertz CT molecular complexity index is 1070. The third-order valence-corrected chi connectivity index (χ3v) is 5.38. The van der Waals surface area contributed by atoms with E-state index in [1.165, 1.54) is 30.0 Å². The number of benzene rings is 2. The summed E-state index contributed by atoms with van der Waals surface area (Å²) < 4.78 is 7.60. The number of carbonyl (C=O) groups excluding carboxylic acids is 1. The van der Waals surface area contributed by atoms with Crippen LogP contribution in [-0.4, -0.2) is 31.3 Å². The van der Waals surface area contributed by atoms with Crippen LogP contribution in [0.4, 0.5) is 11.4 Å². The maximum atomic E-state index is 12.2. The second kappa shape index (κ2) is 9.59. The lowest BCUT2D eigenvalue weighted by atomic mass is 10.3. The van der Waals surface area contributed by atoms with Crippen molar-refractivity contribution in [3.05, 3.63) is 69.5 Å². The lowest BCUT2D eigenvalue weighted by Gasteiger charge is -2.15. The Kier molecular flexibility index (Phi) is 6.91. The first-order valence-electron chi connectivity index (χ1n) is 8.82. The number of non-ortho nitro benzene ring substituents is 1. The van der Waals surface area contributed by atoms with E-state index in [1.54, 1.807) is 29.8 Å². The molecule has 0 aliphatic rings. The first kappa shape index (κ1) is 21.6. The molecule has 11 heteroatoms. The van der Waals surface area contributed by atoms with Gasteiger partial charge in [-0.25, -0.2) is 0 Å². The van der Waals surface area contributed by atoms with E-state index in [0.29, 0.717) is 27.4 Å². The van der Waals surface area contributed by atoms with Gasteiger partial charge in [0.15, 0.2) is 17.1 Å². The van der Waals surface area contributed by atoms with E-state index in [2.05, 4.69) is 15.5 Å². The number of anilines is 1. The zero-order valence-corrected chi connectivity index (χ0v) is 17.7. The zero-order valence-electron chi connectivity index (χ0n) is 16.1. The number of para-hydroxylation sites is 1. The molecule has 3 aromatic rings. The highest BCUT2D eigenvalue weighted by atomic mass is 35.5. The zero-order chi connectivity index (χ0) is 21.7. The molecule has 0 saturated carbocycles. The van der Waals surface area contributed by atoms with Gasteiger partial charge in [-0.05, 0) is 25.1 Å². The maximum Gasteiger partial charge on any atom is 0.271 e. The first-order chi connectivity index (χ1) is 14.3. The van der Waals surface area contributed by atoms with Crippen molar-refractivity contribution < 1.29 is 14.5 Å². The Morgan fingerprint density at radius 3 is 2.80 bits per heavy atom. The number of nitro benzene ring substituents is 1. The second-order valence-corrected chi connectivity index (χ2v) is 7.58. The van der Waals surface area contributed by atoms with Crippen LogP contribution in [-0.2, 0) is 11.8 Å². The van der Waals surface area contributed by atoms with Crippen LogP contribution >= 0.6 is 23.4 Å². The standard InChI is InChI=1S/C19H18ClN5O4S/c1-12(29-16-9-4-3-8-15(16)20)18-22-23-19(24(18)2)30-11-17(26)21-13-6-5-7-14(10-13)25(27)28/h3-10,12H,11H2,1-2H3,(H,21,26). The van der Waals surface area contributed by atoms with E-state index in [1.807, 2.05) is 19.1 Å². The maximum absolute atomic E-state index is 12.2. The summed E-state index contributed by atoms with van der Waals surface area (Å²) in [6.07, 6.45) is -0.407. The largest absolute Gasteiger partial charge is 0.481 e. The molecule has 1 atom stereocenters. The number of nitro groups is 1. The molecule has 1 N–H and O–H groups in total. The highest BCUT2D eigenvalue weighted by Crippen LogP contribution is 2.29. The van der Waals surface area contributed by atoms with Crippen LogP contribution in [0.3, 0.4) is 0 Å². The molecule has 1 aromatic heterocycles. The minimum Gasteiger partial charge on any atom is -0.481 e. The number of thioether (sulfide) groups is 1. The van der Waals surface area contributed by atoms with Gasteiger partial charge in [0.05, 0.1) is 15.7 Å². The van der Waals surface area contributed by atoms with Crippen molar-refractivity contribution in [2.75, 3.05) is 11.1 Å². The first-order valence-corrected chi connectivity index (χ1v) is 10.2. The molecule has 0 saturated heterocycles. The van der Waals surface area contributed by atoms with Gasteiger partial charge in [0.1, 0.15) is 5.75 Å². The molecule has 0 aliphatic carbocycles. The number of nitrogens with zero attached hydrogens (tertiary/aromatic N) is 4. The van der Waals surface area contributed by atoms with Crippen LogP contribution < -0.4 is 10.1 Å². The summed E-state index contributed by atoms with van der Waals surface area (Å²) >= 11 is 7.32. The van der Waals surface area contributed by atoms with Crippen LogP contribution in [0.15, 0.2) is 53.7 Å². The molecule has 0 aliphatic heterocycles. The number of halogens is 1. The Balaban J connectivity index is 1.59. The van der Waals surface area contributed by atoms with Gasteiger partial charge in [0, 0.05) is 24.9 Å². The minimum absolute atomic E-state index is 0.0639. The fraction of sp³-hybridized carbons (Fsp3) is 0.211. The summed E-state index contributed by atoms with van der Waals surface area (Å²) in [7, 11) is 1.78. The molecule has 3 rings (SSSR count). The minimum atomic E-state index is -0.517. The number of nitrogens with one attached hydrogen (secondary N) is 1. The summed E-state index contributed by atoms with van der Waals surface area (Å²) in [5.74, 6) is 0.871. The van der Waals surface area contributed by atoms with Crippen molar-refractivity contribution >= 4 is 40.6 Å². The van der Waals surface area contributed by atoms with Crippen LogP contribution in [0.1, 0.15) is 18.9 Å². The third-order valence-electron chi connectivity index (χ3n) is 4.05. The lowest BCUT2D eigenvalue weighted by Crippen LogP contribution is -2.15. The number of hydrogen-bond donors (Lipinski definition) is 1. The van der Waals surface area contributed by atoms with Gasteiger partial charge >= 0.3 is 0 Å². The van der Waals surface area contributed by atoms with E-state index in [0.717, 1.165) is 0 Å². The van der Waals surface area contributed by atoms with Crippen molar-refractivity contribution in [2.24, 2.45) is 7.05 Å². The average molecular weight is 448 g/mol. The Labute approximate surface area is 181 Å². The number of carbonyl (C=O) groups is 1. The molecular formula is C19H18ClN5O4S. The summed E-state index contributed by atoms with van der Waals surface area (Å²) in [4.78, 5) is 22.5. The Hall–Kier alpha value is -3.11. The molecule has 2 aromatic carbocycles. The number of hydrogen-bond acceptors (Lipinski definition) is 7. The quantitative estimate of drug-likeness (QED) is 0.312. The van der Waals surface area contributed by atoms with Crippen LogP contribution in [0, 0.1) is 10.1 Å². The normalized spacial score (nSPS) is 11.7. The van der Waals surface area contributed by atoms with Gasteiger partial charge in [0.2, 0.25) is 5.91 Å². The summed E-state index contributed by atoms with van der Waals surface area (Å²) in [5, 5.41) is 22.8. The van der Waals surface area contributed by atoms with Crippen LogP contribution in [0.5, 0.6) is 5.75 Å². The van der Waals surface area contributed by atoms with E-state index in [-0.39, 0.29) is 17.3 Å². The van der Waals surface area contributed by atoms with E-state index in [4.69, 9.17) is 16.3 Å². The molecule has 0 spiro atoms. The number of rotatable bonds is 8. The van der Waals surface area contributed by atoms with Gasteiger partial charge in [-0.15, -0.1) is 10.2 Å². The van der Waals surface area contributed by atoms with Gasteiger partial charge in [-0.3, -0.25) is 14.9 Å². The molecule has 1 amide bonds. The summed E-state index contributed by atoms with van der Waals surface area (Å²) in [6.45, 7) is 1.83. The van der Waals surface area contributed by atoms with Crippen molar-refractivity contribution in [3.8, 4) is 5.75 Å². The molecule has 1 heterocycles. The van der Waals surface area contributed by atoms with Gasteiger partial charge in [-0.1, -0.05) is 41.6 Å². The summed E-state index contributed by atoms with van der Waals surface area (Å²) in [6, 6.07) is 12.9. The van der Waals surface area contributed by atoms with Crippen LogP contribution in [0.2, 0.25) is 5.02 Å². The molecular weight excluding hydrogens is 430 g/mol. The van der Waals surface area contributed by atoms with Crippen LogP contribution in [0.25, 0.3) is 0 Å². The predicted molar refractivity (Wildman–Crippen MR) is 114 cm³/mol. The number of amides is 1. The summed E-state index contributed by atoms with van der Waals surface area (Å²) in [5.41, 5.74) is 0.265. The van der Waals surface area contributed by atoms with Gasteiger partial charge < -0.3 is 14.6 Å². The van der Waals surface area contributed by atoms with E-state index in [9.17, 15) is 14.9 Å². The topological polar surface area (TPSA) is 112 Å². The van der Waals surface area contributed by atoms with E-state index >= 15 is 0 Å². The van der Waals surface area contributed by atoms with Crippen molar-refractivity contribution in [3.63, 3.8) is 0 Å². The number of aromatic nitrogens is 3. The lowest BCUT2D eigenvalue weighted by molar-refractivity contribution is -0.384. The highest BCUT2D eigenvalue weighted by molar-refractivity contribution is 7.99. The monoisotopic (exact) mass is 447 g/mol. The van der Waals surface area contributed by atoms with Gasteiger partial charge in [-0.2, -0.15) is 0 Å². The molecule has 30 heavy (non-hydrogen) atoms. The van der Waals surface area contributed by atoms with E-state index < -0.39 is 11.0 Å². The highest BCUT2D eigenvalue weighted by Gasteiger charge is 2.19.